The van der Waals surface area contributed by atoms with Crippen LogP contribution in [0, 0.1) is 0 Å². The zero-order valence-electron chi connectivity index (χ0n) is 10.4. The van der Waals surface area contributed by atoms with Gasteiger partial charge in [-0.05, 0) is 24.3 Å². The number of H-pyrrole nitrogens is 1. The fourth-order valence-electron chi connectivity index (χ4n) is 2.23. The maximum Gasteiger partial charge on any atom is 0.337 e. The van der Waals surface area contributed by atoms with Crippen molar-refractivity contribution >= 4 is 40.2 Å². The van der Waals surface area contributed by atoms with Crippen LogP contribution in [0.2, 0.25) is 10.0 Å². The molecule has 0 saturated carbocycles. The number of carboxylic acids is 1. The van der Waals surface area contributed by atoms with Crippen molar-refractivity contribution in [3.63, 3.8) is 0 Å². The number of aromatic nitrogens is 2. The van der Waals surface area contributed by atoms with Crippen LogP contribution in [0.3, 0.4) is 0 Å². The minimum atomic E-state index is -1.13. The van der Waals surface area contributed by atoms with Gasteiger partial charge in [0, 0.05) is 0 Å². The largest absolute Gasteiger partial charge is 0.478 e. The van der Waals surface area contributed by atoms with E-state index in [2.05, 4.69) is 4.98 Å². The smallest absolute Gasteiger partial charge is 0.337 e. The summed E-state index contributed by atoms with van der Waals surface area (Å²) in [6, 6.07) is 9.47. The van der Waals surface area contributed by atoms with Gasteiger partial charge in [-0.2, -0.15) is 0 Å². The van der Waals surface area contributed by atoms with E-state index in [4.69, 9.17) is 23.2 Å². The number of nitrogens with one attached hydrogen (secondary N) is 1. The summed E-state index contributed by atoms with van der Waals surface area (Å²) >= 11 is 12.2. The molecule has 2 N–H and O–H groups in total. The molecular formula is C14H8Cl2N2O3. The second kappa shape index (κ2) is 4.95. The lowest BCUT2D eigenvalue weighted by atomic mass is 10.2. The molecule has 0 radical (unpaired) electrons. The van der Waals surface area contributed by atoms with Gasteiger partial charge in [-0.25, -0.2) is 9.59 Å². The summed E-state index contributed by atoms with van der Waals surface area (Å²) in [7, 11) is 0. The van der Waals surface area contributed by atoms with Crippen molar-refractivity contribution in [1.82, 2.24) is 9.55 Å². The van der Waals surface area contributed by atoms with Crippen LogP contribution in [0.25, 0.3) is 16.7 Å². The Morgan fingerprint density at radius 2 is 1.71 bits per heavy atom. The van der Waals surface area contributed by atoms with Crippen LogP contribution < -0.4 is 5.69 Å². The van der Waals surface area contributed by atoms with Gasteiger partial charge in [-0.15, -0.1) is 0 Å². The van der Waals surface area contributed by atoms with E-state index < -0.39 is 11.7 Å². The Hall–Kier alpha value is -2.24. The Kier molecular flexibility index (Phi) is 3.23. The summed E-state index contributed by atoms with van der Waals surface area (Å²) in [6.07, 6.45) is 0. The molecule has 0 fully saturated rings. The number of carboxylic acid groups (broad SMARTS) is 1. The fraction of sp³-hybridized carbons (Fsp3) is 0. The van der Waals surface area contributed by atoms with Crippen LogP contribution >= 0.6 is 23.2 Å². The number of imidazole rings is 1. The number of nitrogens with zero attached hydrogens (tertiary/aromatic N) is 1. The number of rotatable bonds is 2. The van der Waals surface area contributed by atoms with E-state index in [1.54, 1.807) is 30.3 Å². The Bertz CT molecular complexity index is 907. The molecule has 106 valence electrons. The van der Waals surface area contributed by atoms with Crippen molar-refractivity contribution < 1.29 is 9.90 Å². The van der Waals surface area contributed by atoms with Crippen LogP contribution in [0.5, 0.6) is 0 Å². The first-order chi connectivity index (χ1) is 10.0. The van der Waals surface area contributed by atoms with E-state index in [0.717, 1.165) is 0 Å². The van der Waals surface area contributed by atoms with Gasteiger partial charge in [0.05, 0.1) is 32.3 Å². The summed E-state index contributed by atoms with van der Waals surface area (Å²) in [5.74, 6) is -1.13. The highest BCUT2D eigenvalue weighted by Crippen LogP contribution is 2.30. The number of benzene rings is 2. The third-order valence-corrected chi connectivity index (χ3v) is 3.72. The molecule has 0 atom stereocenters. The molecule has 7 heteroatoms. The van der Waals surface area contributed by atoms with E-state index in [-0.39, 0.29) is 11.1 Å². The molecule has 0 aliphatic rings. The van der Waals surface area contributed by atoms with Crippen molar-refractivity contribution in [3.8, 4) is 5.69 Å². The standard InChI is InChI=1S/C14H8Cl2N2O3/c15-8-4-2-5-9(16)12(8)18-10-6-1-3-7(13(19)20)11(10)17-14(18)21/h1-6H,(H,17,21)(H,19,20). The number of aromatic amines is 1. The lowest BCUT2D eigenvalue weighted by molar-refractivity contribution is 0.0699. The minimum Gasteiger partial charge on any atom is -0.478 e. The van der Waals surface area contributed by atoms with E-state index in [9.17, 15) is 14.7 Å². The number of carbonyl (C=O) groups is 1. The van der Waals surface area contributed by atoms with Gasteiger partial charge in [0.25, 0.3) is 0 Å². The molecule has 0 amide bonds. The Labute approximate surface area is 128 Å². The molecule has 1 heterocycles. The van der Waals surface area contributed by atoms with Crippen LogP contribution in [0.4, 0.5) is 0 Å². The highest BCUT2D eigenvalue weighted by atomic mass is 35.5. The number of hydrogen-bond acceptors (Lipinski definition) is 2. The highest BCUT2D eigenvalue weighted by Gasteiger charge is 2.18. The van der Waals surface area contributed by atoms with E-state index >= 15 is 0 Å². The molecule has 1 aromatic heterocycles. The van der Waals surface area contributed by atoms with Gasteiger partial charge in [0.2, 0.25) is 0 Å². The van der Waals surface area contributed by atoms with Gasteiger partial charge in [-0.1, -0.05) is 35.3 Å². The molecule has 0 bridgehead atoms. The minimum absolute atomic E-state index is 0.00604. The summed E-state index contributed by atoms with van der Waals surface area (Å²) in [4.78, 5) is 26.0. The van der Waals surface area contributed by atoms with Crippen molar-refractivity contribution in [3.05, 3.63) is 62.5 Å². The molecule has 0 spiro atoms. The first-order valence-electron chi connectivity index (χ1n) is 5.92. The van der Waals surface area contributed by atoms with Crippen LogP contribution in [0.15, 0.2) is 41.2 Å². The Morgan fingerprint density at radius 3 is 2.33 bits per heavy atom. The Balaban J connectivity index is 2.45. The first-order valence-corrected chi connectivity index (χ1v) is 6.67. The predicted molar refractivity (Wildman–Crippen MR) is 80.9 cm³/mol. The zero-order chi connectivity index (χ0) is 15.1. The van der Waals surface area contributed by atoms with Crippen LogP contribution in [0.1, 0.15) is 10.4 Å². The van der Waals surface area contributed by atoms with Gasteiger partial charge < -0.3 is 10.1 Å². The van der Waals surface area contributed by atoms with Crippen molar-refractivity contribution in [2.24, 2.45) is 0 Å². The van der Waals surface area contributed by atoms with Crippen LogP contribution in [-0.4, -0.2) is 20.6 Å². The van der Waals surface area contributed by atoms with Crippen molar-refractivity contribution in [2.75, 3.05) is 0 Å². The average Bonchev–Trinajstić information content (AvgIpc) is 2.75. The van der Waals surface area contributed by atoms with Crippen LogP contribution in [-0.2, 0) is 0 Å². The van der Waals surface area contributed by atoms with Crippen molar-refractivity contribution in [1.29, 1.82) is 0 Å². The maximum absolute atomic E-state index is 12.2. The molecule has 0 aliphatic carbocycles. The van der Waals surface area contributed by atoms with Gasteiger partial charge >= 0.3 is 11.7 Å². The molecule has 3 aromatic rings. The lowest BCUT2D eigenvalue weighted by Gasteiger charge is -2.08. The quantitative estimate of drug-likeness (QED) is 0.759. The second-order valence-corrected chi connectivity index (χ2v) is 5.16. The lowest BCUT2D eigenvalue weighted by Crippen LogP contribution is -2.15. The topological polar surface area (TPSA) is 75.1 Å². The van der Waals surface area contributed by atoms with E-state index in [1.165, 1.54) is 10.6 Å². The molecule has 0 aliphatic heterocycles. The molecule has 0 unspecified atom stereocenters. The third-order valence-electron chi connectivity index (χ3n) is 3.11. The summed E-state index contributed by atoms with van der Waals surface area (Å²) in [5.41, 5.74) is 0.445. The summed E-state index contributed by atoms with van der Waals surface area (Å²) in [6.45, 7) is 0. The molecule has 0 saturated heterocycles. The normalized spacial score (nSPS) is 11.0. The number of hydrogen-bond donors (Lipinski definition) is 2. The molecule has 3 rings (SSSR count). The Morgan fingerprint density at radius 1 is 1.10 bits per heavy atom. The zero-order valence-corrected chi connectivity index (χ0v) is 11.9. The number of halogens is 2. The molecule has 21 heavy (non-hydrogen) atoms. The summed E-state index contributed by atoms with van der Waals surface area (Å²) < 4.78 is 1.27. The van der Waals surface area contributed by atoms with Gasteiger partial charge in [0.1, 0.15) is 0 Å². The molecule has 2 aromatic carbocycles. The van der Waals surface area contributed by atoms with E-state index in [1.807, 2.05) is 0 Å². The molecule has 5 nitrogen and oxygen atoms in total. The number of fused-ring (bicyclic) bond motifs is 1. The molecular weight excluding hydrogens is 315 g/mol. The average molecular weight is 323 g/mol. The van der Waals surface area contributed by atoms with Gasteiger partial charge in [0.15, 0.2) is 0 Å². The highest BCUT2D eigenvalue weighted by molar-refractivity contribution is 6.37. The summed E-state index contributed by atoms with van der Waals surface area (Å²) in [5, 5.41) is 9.77. The third kappa shape index (κ3) is 2.11. The van der Waals surface area contributed by atoms with Gasteiger partial charge in [-0.3, -0.25) is 4.57 Å². The first kappa shape index (κ1) is 13.7. The maximum atomic E-state index is 12.2. The van der Waals surface area contributed by atoms with E-state index in [0.29, 0.717) is 21.2 Å². The fourth-order valence-corrected chi connectivity index (χ4v) is 2.80. The number of para-hydroxylation sites is 2. The number of aromatic carboxylic acids is 1. The second-order valence-electron chi connectivity index (χ2n) is 4.34. The SMILES string of the molecule is O=C(O)c1cccc2c1[nH]c(=O)n2-c1c(Cl)cccc1Cl. The van der Waals surface area contributed by atoms with Crippen molar-refractivity contribution in [2.45, 2.75) is 0 Å². The predicted octanol–water partition coefficient (Wildman–Crippen LogP) is 3.32. The monoisotopic (exact) mass is 322 g/mol.